The molecular weight excluding hydrogens is 261 g/mol. The molecule has 1 aromatic heterocycles. The highest BCUT2D eigenvalue weighted by Crippen LogP contribution is 2.27. The van der Waals surface area contributed by atoms with E-state index in [1.807, 2.05) is 0 Å². The Morgan fingerprint density at radius 2 is 2.00 bits per heavy atom. The minimum atomic E-state index is -0.560. The van der Waals surface area contributed by atoms with Gasteiger partial charge in [0.1, 0.15) is 11.4 Å². The molecule has 0 bridgehead atoms. The van der Waals surface area contributed by atoms with Crippen LogP contribution in [0.3, 0.4) is 0 Å². The lowest BCUT2D eigenvalue weighted by atomic mass is 10.3. The van der Waals surface area contributed by atoms with E-state index in [-0.39, 0.29) is 16.5 Å². The number of ether oxygens (including phenoxy) is 1. The molecule has 2 aromatic rings. The highest BCUT2D eigenvalue weighted by molar-refractivity contribution is 6.35. The summed E-state index contributed by atoms with van der Waals surface area (Å²) in [4.78, 5) is 15.6. The normalized spacial score (nSPS) is 10.0. The minimum Gasteiger partial charge on any atom is -0.420 e. The fourth-order valence-corrected chi connectivity index (χ4v) is 1.64. The Morgan fingerprint density at radius 1 is 1.18 bits per heavy atom. The Morgan fingerprint density at radius 3 is 2.65 bits per heavy atom. The first-order valence-electron chi connectivity index (χ1n) is 4.75. The maximum atomic E-state index is 11.7. The molecule has 0 N–H and O–H groups in total. The summed E-state index contributed by atoms with van der Waals surface area (Å²) in [7, 11) is 0. The molecule has 0 saturated carbocycles. The first-order valence-corrected chi connectivity index (χ1v) is 5.50. The van der Waals surface area contributed by atoms with Gasteiger partial charge >= 0.3 is 5.97 Å². The van der Waals surface area contributed by atoms with E-state index in [9.17, 15) is 4.79 Å². The zero-order chi connectivity index (χ0) is 12.3. The zero-order valence-corrected chi connectivity index (χ0v) is 10.1. The molecule has 1 heterocycles. The second-order valence-electron chi connectivity index (χ2n) is 3.18. The lowest BCUT2D eigenvalue weighted by Crippen LogP contribution is -2.10. The standard InChI is InChI=1S/C12H7Cl2NO2/c13-8-4-5-11(9(14)7-8)17-12(16)10-3-1-2-6-15-10/h1-7H. The van der Waals surface area contributed by atoms with Crippen LogP contribution in [0.4, 0.5) is 0 Å². The van der Waals surface area contributed by atoms with Gasteiger partial charge in [-0.3, -0.25) is 0 Å². The van der Waals surface area contributed by atoms with Gasteiger partial charge in [-0.1, -0.05) is 29.3 Å². The Hall–Kier alpha value is -1.58. The maximum Gasteiger partial charge on any atom is 0.362 e. The van der Waals surface area contributed by atoms with Crippen molar-refractivity contribution < 1.29 is 9.53 Å². The van der Waals surface area contributed by atoms with E-state index in [4.69, 9.17) is 27.9 Å². The van der Waals surface area contributed by atoms with Gasteiger partial charge in [-0.15, -0.1) is 0 Å². The van der Waals surface area contributed by atoms with Gasteiger partial charge in [-0.2, -0.15) is 0 Å². The van der Waals surface area contributed by atoms with Gasteiger partial charge in [0.25, 0.3) is 0 Å². The van der Waals surface area contributed by atoms with Crippen molar-refractivity contribution in [2.24, 2.45) is 0 Å². The molecule has 0 spiro atoms. The number of aromatic nitrogens is 1. The van der Waals surface area contributed by atoms with E-state index < -0.39 is 5.97 Å². The summed E-state index contributed by atoms with van der Waals surface area (Å²) < 4.78 is 5.09. The van der Waals surface area contributed by atoms with Crippen LogP contribution < -0.4 is 4.74 Å². The van der Waals surface area contributed by atoms with Crippen molar-refractivity contribution in [1.82, 2.24) is 4.98 Å². The number of halogens is 2. The van der Waals surface area contributed by atoms with Crippen molar-refractivity contribution in [2.75, 3.05) is 0 Å². The molecule has 0 saturated heterocycles. The average molecular weight is 268 g/mol. The molecule has 0 amide bonds. The third-order valence-electron chi connectivity index (χ3n) is 1.97. The number of carbonyl (C=O) groups excluding carboxylic acids is 1. The van der Waals surface area contributed by atoms with Gasteiger partial charge in [0.2, 0.25) is 0 Å². The molecular formula is C12H7Cl2NO2. The zero-order valence-electron chi connectivity index (χ0n) is 8.56. The van der Waals surface area contributed by atoms with Gasteiger partial charge in [-0.05, 0) is 30.3 Å². The summed E-state index contributed by atoms with van der Waals surface area (Å²) in [6.07, 6.45) is 1.51. The number of nitrogens with zero attached hydrogens (tertiary/aromatic N) is 1. The first-order chi connectivity index (χ1) is 8.16. The summed E-state index contributed by atoms with van der Waals surface area (Å²) in [6.45, 7) is 0. The van der Waals surface area contributed by atoms with Gasteiger partial charge in [0.15, 0.2) is 0 Å². The van der Waals surface area contributed by atoms with Crippen LogP contribution in [-0.4, -0.2) is 11.0 Å². The van der Waals surface area contributed by atoms with Crippen LogP contribution in [0.25, 0.3) is 0 Å². The van der Waals surface area contributed by atoms with Crippen LogP contribution in [-0.2, 0) is 0 Å². The van der Waals surface area contributed by atoms with Crippen LogP contribution >= 0.6 is 23.2 Å². The fraction of sp³-hybridized carbons (Fsp3) is 0. The number of pyridine rings is 1. The highest BCUT2D eigenvalue weighted by Gasteiger charge is 2.11. The first kappa shape index (κ1) is 11.9. The number of hydrogen-bond acceptors (Lipinski definition) is 3. The monoisotopic (exact) mass is 267 g/mol. The largest absolute Gasteiger partial charge is 0.420 e. The third kappa shape index (κ3) is 2.96. The number of esters is 1. The number of carbonyl (C=O) groups is 1. The molecule has 86 valence electrons. The van der Waals surface area contributed by atoms with Crippen molar-refractivity contribution >= 4 is 29.2 Å². The van der Waals surface area contributed by atoms with E-state index >= 15 is 0 Å². The highest BCUT2D eigenvalue weighted by atomic mass is 35.5. The molecule has 0 atom stereocenters. The molecule has 5 heteroatoms. The second-order valence-corrected chi connectivity index (χ2v) is 4.02. The van der Waals surface area contributed by atoms with Gasteiger partial charge in [0.05, 0.1) is 5.02 Å². The van der Waals surface area contributed by atoms with Crippen LogP contribution in [0.1, 0.15) is 10.5 Å². The lowest BCUT2D eigenvalue weighted by Gasteiger charge is -2.05. The molecule has 3 nitrogen and oxygen atoms in total. The predicted molar refractivity (Wildman–Crippen MR) is 65.7 cm³/mol. The van der Waals surface area contributed by atoms with E-state index in [2.05, 4.69) is 4.98 Å². The Balaban J connectivity index is 2.19. The van der Waals surface area contributed by atoms with Gasteiger partial charge < -0.3 is 4.74 Å². The van der Waals surface area contributed by atoms with E-state index in [0.29, 0.717) is 5.02 Å². The molecule has 2 rings (SSSR count). The topological polar surface area (TPSA) is 39.2 Å². The van der Waals surface area contributed by atoms with Crippen LogP contribution in [0.2, 0.25) is 10.0 Å². The van der Waals surface area contributed by atoms with E-state index in [1.54, 1.807) is 24.3 Å². The van der Waals surface area contributed by atoms with E-state index in [1.165, 1.54) is 18.3 Å². The minimum absolute atomic E-state index is 0.221. The third-order valence-corrected chi connectivity index (χ3v) is 2.50. The molecule has 1 aromatic carbocycles. The van der Waals surface area contributed by atoms with E-state index in [0.717, 1.165) is 0 Å². The Kier molecular flexibility index (Phi) is 3.61. The summed E-state index contributed by atoms with van der Waals surface area (Å²) in [5.41, 5.74) is 0.221. The summed E-state index contributed by atoms with van der Waals surface area (Å²) >= 11 is 11.6. The lowest BCUT2D eigenvalue weighted by molar-refractivity contribution is 0.0728. The predicted octanol–water partition coefficient (Wildman–Crippen LogP) is 3.61. The number of rotatable bonds is 2. The van der Waals surface area contributed by atoms with Gasteiger partial charge in [-0.25, -0.2) is 9.78 Å². The molecule has 0 aliphatic rings. The van der Waals surface area contributed by atoms with Crippen molar-refractivity contribution in [3.63, 3.8) is 0 Å². The van der Waals surface area contributed by atoms with Crippen molar-refractivity contribution in [3.8, 4) is 5.75 Å². The maximum absolute atomic E-state index is 11.7. The Bertz CT molecular complexity index is 543. The molecule has 0 radical (unpaired) electrons. The summed E-state index contributed by atoms with van der Waals surface area (Å²) in [5, 5.41) is 0.759. The van der Waals surface area contributed by atoms with Gasteiger partial charge in [0, 0.05) is 11.2 Å². The second kappa shape index (κ2) is 5.17. The summed E-state index contributed by atoms with van der Waals surface area (Å²) in [6, 6.07) is 9.61. The number of benzene rings is 1. The molecule has 0 aliphatic heterocycles. The van der Waals surface area contributed by atoms with Crippen LogP contribution in [0.5, 0.6) is 5.75 Å². The Labute approximate surface area is 108 Å². The molecule has 17 heavy (non-hydrogen) atoms. The molecule has 0 unspecified atom stereocenters. The average Bonchev–Trinajstić information content (AvgIpc) is 2.34. The quantitative estimate of drug-likeness (QED) is 0.617. The van der Waals surface area contributed by atoms with Crippen LogP contribution in [0.15, 0.2) is 42.6 Å². The fourth-order valence-electron chi connectivity index (χ4n) is 1.19. The van der Waals surface area contributed by atoms with Crippen molar-refractivity contribution in [2.45, 2.75) is 0 Å². The smallest absolute Gasteiger partial charge is 0.362 e. The molecule has 0 aliphatic carbocycles. The molecule has 0 fully saturated rings. The van der Waals surface area contributed by atoms with Crippen molar-refractivity contribution in [3.05, 3.63) is 58.3 Å². The van der Waals surface area contributed by atoms with Crippen molar-refractivity contribution in [1.29, 1.82) is 0 Å². The number of hydrogen-bond donors (Lipinski definition) is 0. The SMILES string of the molecule is O=C(Oc1ccc(Cl)cc1Cl)c1ccccn1. The van der Waals surface area contributed by atoms with Crippen LogP contribution in [0, 0.1) is 0 Å². The summed E-state index contributed by atoms with van der Waals surface area (Å²) in [5.74, 6) is -0.304.